The molecule has 0 aliphatic heterocycles. The second kappa shape index (κ2) is 7.06. The van der Waals surface area contributed by atoms with Gasteiger partial charge in [-0.1, -0.05) is 12.2 Å². The Morgan fingerprint density at radius 1 is 1.41 bits per heavy atom. The Labute approximate surface area is 127 Å². The first-order valence-electron chi connectivity index (χ1n) is 7.12. The number of rotatable bonds is 5. The first-order valence-corrected chi connectivity index (χ1v) is 7.12. The fourth-order valence-corrected chi connectivity index (χ4v) is 2.19. The Kier molecular flexibility index (Phi) is 5.14. The number of halogens is 1. The molecule has 1 aliphatic rings. The highest BCUT2D eigenvalue weighted by Crippen LogP contribution is 2.24. The molecule has 22 heavy (non-hydrogen) atoms. The first-order chi connectivity index (χ1) is 10.5. The molecule has 1 amide bonds. The summed E-state index contributed by atoms with van der Waals surface area (Å²) in [6.45, 7) is 1.31. The summed E-state index contributed by atoms with van der Waals surface area (Å²) in [7, 11) is 0. The number of carboxylic acids is 1. The third-order valence-electron chi connectivity index (χ3n) is 3.49. The van der Waals surface area contributed by atoms with Gasteiger partial charge in [0.2, 0.25) is 5.91 Å². The van der Waals surface area contributed by atoms with Crippen LogP contribution in [0.2, 0.25) is 0 Å². The number of nitrogens with one attached hydrogen (secondary N) is 1. The van der Waals surface area contributed by atoms with Gasteiger partial charge < -0.3 is 15.2 Å². The third kappa shape index (κ3) is 4.07. The molecule has 2 unspecified atom stereocenters. The lowest BCUT2D eigenvalue weighted by atomic mass is 9.93. The highest BCUT2D eigenvalue weighted by atomic mass is 19.1. The molecule has 1 aromatic carbocycles. The van der Waals surface area contributed by atoms with E-state index in [0.717, 1.165) is 18.9 Å². The van der Waals surface area contributed by atoms with Crippen LogP contribution >= 0.6 is 0 Å². The van der Waals surface area contributed by atoms with Crippen molar-refractivity contribution in [2.75, 3.05) is 5.32 Å². The smallest absolute Gasteiger partial charge is 0.344 e. The first kappa shape index (κ1) is 16.0. The predicted molar refractivity (Wildman–Crippen MR) is 79.2 cm³/mol. The molecule has 0 radical (unpaired) electrons. The van der Waals surface area contributed by atoms with Gasteiger partial charge in [-0.15, -0.1) is 0 Å². The highest BCUT2D eigenvalue weighted by Gasteiger charge is 2.20. The molecule has 0 spiro atoms. The van der Waals surface area contributed by atoms with E-state index in [-0.39, 0.29) is 17.6 Å². The molecule has 1 aliphatic carbocycles. The summed E-state index contributed by atoms with van der Waals surface area (Å²) in [6, 6.07) is 3.93. The Morgan fingerprint density at radius 3 is 2.77 bits per heavy atom. The molecule has 0 saturated heterocycles. The van der Waals surface area contributed by atoms with Crippen LogP contribution in [0.3, 0.4) is 0 Å². The number of carbonyl (C=O) groups excluding carboxylic acids is 1. The van der Waals surface area contributed by atoms with Crippen molar-refractivity contribution >= 4 is 17.6 Å². The fourth-order valence-electron chi connectivity index (χ4n) is 2.19. The second-order valence-electron chi connectivity index (χ2n) is 5.21. The number of benzene rings is 1. The minimum absolute atomic E-state index is 0.101. The summed E-state index contributed by atoms with van der Waals surface area (Å²) in [5.74, 6) is -2.29. The van der Waals surface area contributed by atoms with Gasteiger partial charge in [-0.25, -0.2) is 9.18 Å². The lowest BCUT2D eigenvalue weighted by Gasteiger charge is -2.17. The lowest BCUT2D eigenvalue weighted by molar-refractivity contribution is -0.144. The zero-order chi connectivity index (χ0) is 16.1. The maximum Gasteiger partial charge on any atom is 0.344 e. The Hall–Kier alpha value is -2.37. The monoisotopic (exact) mass is 307 g/mol. The van der Waals surface area contributed by atoms with Crippen molar-refractivity contribution in [2.45, 2.75) is 32.3 Å². The summed E-state index contributed by atoms with van der Waals surface area (Å²) in [5.41, 5.74) is 0.326. The molecule has 2 atom stereocenters. The maximum atomic E-state index is 13.9. The molecule has 5 nitrogen and oxygen atoms in total. The number of ether oxygens (including phenoxy) is 1. The average Bonchev–Trinajstić information content (AvgIpc) is 2.50. The minimum Gasteiger partial charge on any atom is -0.479 e. The van der Waals surface area contributed by atoms with Gasteiger partial charge in [0.15, 0.2) is 17.7 Å². The van der Waals surface area contributed by atoms with Crippen LogP contribution in [0.25, 0.3) is 0 Å². The Balaban J connectivity index is 2.01. The summed E-state index contributed by atoms with van der Waals surface area (Å²) in [6.07, 6.45) is 5.20. The van der Waals surface area contributed by atoms with E-state index in [1.54, 1.807) is 0 Å². The van der Waals surface area contributed by atoms with E-state index >= 15 is 0 Å². The van der Waals surface area contributed by atoms with Gasteiger partial charge in [0.05, 0.1) is 0 Å². The number of aliphatic carboxylic acids is 1. The number of amides is 1. The highest BCUT2D eigenvalue weighted by molar-refractivity contribution is 5.92. The number of hydrogen-bond acceptors (Lipinski definition) is 3. The lowest BCUT2D eigenvalue weighted by Crippen LogP contribution is -2.24. The van der Waals surface area contributed by atoms with Crippen molar-refractivity contribution in [3.63, 3.8) is 0 Å². The van der Waals surface area contributed by atoms with Crippen LogP contribution in [-0.2, 0) is 9.59 Å². The van der Waals surface area contributed by atoms with Gasteiger partial charge >= 0.3 is 5.97 Å². The van der Waals surface area contributed by atoms with Crippen LogP contribution in [0.4, 0.5) is 10.1 Å². The normalized spacial score (nSPS) is 18.5. The SMILES string of the molecule is CC(Oc1ccc(NC(=O)C2CC=CCC2)cc1F)C(=O)O. The molecule has 0 fully saturated rings. The molecule has 1 aromatic rings. The minimum atomic E-state index is -1.18. The summed E-state index contributed by atoms with van der Waals surface area (Å²) in [4.78, 5) is 22.7. The van der Waals surface area contributed by atoms with Crippen molar-refractivity contribution in [3.8, 4) is 5.75 Å². The standard InChI is InChI=1S/C16H18FNO4/c1-10(16(20)21)22-14-8-7-12(9-13(14)17)18-15(19)11-5-3-2-4-6-11/h2-3,7-11H,4-6H2,1H3,(H,18,19)(H,20,21). The van der Waals surface area contributed by atoms with Crippen LogP contribution < -0.4 is 10.1 Å². The number of carbonyl (C=O) groups is 2. The van der Waals surface area contributed by atoms with E-state index in [0.29, 0.717) is 12.1 Å². The third-order valence-corrected chi connectivity index (χ3v) is 3.49. The van der Waals surface area contributed by atoms with Crippen LogP contribution in [0.5, 0.6) is 5.75 Å². The molecular formula is C16H18FNO4. The molecule has 0 saturated carbocycles. The number of hydrogen-bond donors (Lipinski definition) is 2. The summed E-state index contributed by atoms with van der Waals surface area (Å²) in [5, 5.41) is 11.4. The molecular weight excluding hydrogens is 289 g/mol. The zero-order valence-electron chi connectivity index (χ0n) is 12.2. The molecule has 0 bridgehead atoms. The van der Waals surface area contributed by atoms with Crippen LogP contribution in [-0.4, -0.2) is 23.1 Å². The van der Waals surface area contributed by atoms with Gasteiger partial charge in [-0.3, -0.25) is 4.79 Å². The fraction of sp³-hybridized carbons (Fsp3) is 0.375. The largest absolute Gasteiger partial charge is 0.479 e. The van der Waals surface area contributed by atoms with Gasteiger partial charge in [-0.05, 0) is 38.3 Å². The van der Waals surface area contributed by atoms with Gasteiger partial charge in [-0.2, -0.15) is 0 Å². The van der Waals surface area contributed by atoms with Crippen molar-refractivity contribution in [1.82, 2.24) is 0 Å². The van der Waals surface area contributed by atoms with Gasteiger partial charge in [0.25, 0.3) is 0 Å². The van der Waals surface area contributed by atoms with E-state index in [4.69, 9.17) is 9.84 Å². The van der Waals surface area contributed by atoms with Crippen LogP contribution in [0.1, 0.15) is 26.2 Å². The van der Waals surface area contributed by atoms with E-state index in [2.05, 4.69) is 5.32 Å². The van der Waals surface area contributed by atoms with E-state index < -0.39 is 17.9 Å². The quantitative estimate of drug-likeness (QED) is 0.820. The molecule has 2 N–H and O–H groups in total. The molecule has 0 heterocycles. The van der Waals surface area contributed by atoms with Gasteiger partial charge in [0.1, 0.15) is 0 Å². The molecule has 6 heteroatoms. The maximum absolute atomic E-state index is 13.9. The van der Waals surface area contributed by atoms with Crippen molar-refractivity contribution in [1.29, 1.82) is 0 Å². The zero-order valence-corrected chi connectivity index (χ0v) is 12.2. The second-order valence-corrected chi connectivity index (χ2v) is 5.21. The van der Waals surface area contributed by atoms with E-state index in [1.165, 1.54) is 19.1 Å². The topological polar surface area (TPSA) is 75.6 Å². The van der Waals surface area contributed by atoms with Crippen LogP contribution in [0.15, 0.2) is 30.4 Å². The number of anilines is 1. The summed E-state index contributed by atoms with van der Waals surface area (Å²) < 4.78 is 18.9. The Bertz CT molecular complexity index is 600. The van der Waals surface area contributed by atoms with Crippen LogP contribution in [0, 0.1) is 11.7 Å². The van der Waals surface area contributed by atoms with Gasteiger partial charge in [0, 0.05) is 17.7 Å². The van der Waals surface area contributed by atoms with E-state index in [9.17, 15) is 14.0 Å². The van der Waals surface area contributed by atoms with E-state index in [1.807, 2.05) is 12.2 Å². The Morgan fingerprint density at radius 2 is 2.18 bits per heavy atom. The number of carboxylic acid groups (broad SMARTS) is 1. The van der Waals surface area contributed by atoms with Crippen molar-refractivity contribution < 1.29 is 23.8 Å². The molecule has 0 aromatic heterocycles. The predicted octanol–water partition coefficient (Wildman–Crippen LogP) is 2.97. The average molecular weight is 307 g/mol. The molecule has 118 valence electrons. The van der Waals surface area contributed by atoms with Crippen molar-refractivity contribution in [2.24, 2.45) is 5.92 Å². The summed E-state index contributed by atoms with van der Waals surface area (Å²) >= 11 is 0. The molecule has 2 rings (SSSR count). The van der Waals surface area contributed by atoms with Crippen molar-refractivity contribution in [3.05, 3.63) is 36.2 Å². The number of allylic oxidation sites excluding steroid dienone is 2.